The minimum Gasteiger partial charge on any atom is -0.192 e. The first kappa shape index (κ1) is 14.3. The summed E-state index contributed by atoms with van der Waals surface area (Å²) in [5.41, 5.74) is 1.69. The first-order valence-electron chi connectivity index (χ1n) is 6.86. The molecular formula is C17H21N. The van der Waals surface area contributed by atoms with E-state index in [0.29, 0.717) is 5.56 Å². The molecule has 0 aliphatic heterocycles. The molecule has 0 radical (unpaired) electrons. The first-order valence-corrected chi connectivity index (χ1v) is 6.86. The molecule has 0 unspecified atom stereocenters. The van der Waals surface area contributed by atoms with E-state index in [9.17, 15) is 0 Å². The van der Waals surface area contributed by atoms with Gasteiger partial charge in [-0.05, 0) is 30.7 Å². The highest BCUT2D eigenvalue weighted by molar-refractivity contribution is 5.39. The van der Waals surface area contributed by atoms with Gasteiger partial charge in [-0.2, -0.15) is 5.26 Å². The number of hydrogen-bond acceptors (Lipinski definition) is 1. The van der Waals surface area contributed by atoms with Gasteiger partial charge >= 0.3 is 0 Å². The lowest BCUT2D eigenvalue weighted by atomic mass is 10.1. The van der Waals surface area contributed by atoms with Gasteiger partial charge in [0.25, 0.3) is 0 Å². The summed E-state index contributed by atoms with van der Waals surface area (Å²) in [4.78, 5) is 0. The van der Waals surface area contributed by atoms with Crippen LogP contribution >= 0.6 is 0 Å². The molecule has 0 bridgehead atoms. The first-order chi connectivity index (χ1) is 8.86. The third-order valence-electron chi connectivity index (χ3n) is 2.90. The number of benzene rings is 1. The monoisotopic (exact) mass is 239 g/mol. The molecule has 0 fully saturated rings. The van der Waals surface area contributed by atoms with Crippen molar-refractivity contribution < 1.29 is 0 Å². The average molecular weight is 239 g/mol. The Bertz CT molecular complexity index is 425. The number of rotatable bonds is 6. The van der Waals surface area contributed by atoms with Crippen molar-refractivity contribution in [2.24, 2.45) is 0 Å². The predicted molar refractivity (Wildman–Crippen MR) is 76.0 cm³/mol. The van der Waals surface area contributed by atoms with Gasteiger partial charge in [0.2, 0.25) is 0 Å². The Kier molecular flexibility index (Phi) is 7.42. The van der Waals surface area contributed by atoms with Crippen LogP contribution in [0.15, 0.2) is 24.3 Å². The van der Waals surface area contributed by atoms with Crippen LogP contribution in [0.2, 0.25) is 0 Å². The molecule has 1 aromatic rings. The maximum absolute atomic E-state index is 8.68. The molecule has 0 atom stereocenters. The second kappa shape index (κ2) is 9.32. The summed E-state index contributed by atoms with van der Waals surface area (Å²) in [7, 11) is 0. The van der Waals surface area contributed by atoms with E-state index < -0.39 is 0 Å². The summed E-state index contributed by atoms with van der Waals surface area (Å²) >= 11 is 0. The van der Waals surface area contributed by atoms with Crippen LogP contribution in [0.25, 0.3) is 0 Å². The molecular weight excluding hydrogens is 218 g/mol. The molecule has 0 saturated carbocycles. The van der Waals surface area contributed by atoms with Gasteiger partial charge in [-0.1, -0.05) is 50.9 Å². The van der Waals surface area contributed by atoms with E-state index in [4.69, 9.17) is 5.26 Å². The van der Waals surface area contributed by atoms with E-state index in [0.717, 1.165) is 12.0 Å². The van der Waals surface area contributed by atoms with Crippen LogP contribution < -0.4 is 0 Å². The summed E-state index contributed by atoms with van der Waals surface area (Å²) in [6.45, 7) is 2.24. The smallest absolute Gasteiger partial charge is 0.0991 e. The zero-order valence-electron chi connectivity index (χ0n) is 11.2. The SMILES string of the molecule is CCCCCCCCC#Cc1ccc(C#N)cc1. The van der Waals surface area contributed by atoms with Crippen LogP contribution in [0.1, 0.15) is 63.0 Å². The van der Waals surface area contributed by atoms with Gasteiger partial charge in [-0.25, -0.2) is 0 Å². The van der Waals surface area contributed by atoms with Crippen molar-refractivity contribution in [2.45, 2.75) is 51.9 Å². The molecule has 1 nitrogen and oxygen atoms in total. The highest BCUT2D eigenvalue weighted by Crippen LogP contribution is 2.06. The quantitative estimate of drug-likeness (QED) is 0.523. The van der Waals surface area contributed by atoms with Crippen LogP contribution in [0.4, 0.5) is 0 Å². The Labute approximate surface area is 111 Å². The molecule has 0 spiro atoms. The molecule has 1 aromatic carbocycles. The second-order valence-electron chi connectivity index (χ2n) is 4.51. The van der Waals surface area contributed by atoms with Crippen molar-refractivity contribution in [2.75, 3.05) is 0 Å². The molecule has 18 heavy (non-hydrogen) atoms. The fourth-order valence-electron chi connectivity index (χ4n) is 1.79. The summed E-state index contributed by atoms with van der Waals surface area (Å²) in [5.74, 6) is 6.34. The minimum absolute atomic E-state index is 0.691. The number of nitriles is 1. The van der Waals surface area contributed by atoms with E-state index in [1.807, 2.05) is 24.3 Å². The van der Waals surface area contributed by atoms with Crippen LogP contribution in [0.3, 0.4) is 0 Å². The van der Waals surface area contributed by atoms with Gasteiger partial charge in [-0.15, -0.1) is 0 Å². The van der Waals surface area contributed by atoms with Gasteiger partial charge in [0.15, 0.2) is 0 Å². The predicted octanol–water partition coefficient (Wildman–Crippen LogP) is 4.66. The molecule has 0 amide bonds. The molecule has 0 aliphatic carbocycles. The van der Waals surface area contributed by atoms with E-state index in [-0.39, 0.29) is 0 Å². The van der Waals surface area contributed by atoms with Gasteiger partial charge in [-0.3, -0.25) is 0 Å². The van der Waals surface area contributed by atoms with Crippen LogP contribution in [0, 0.1) is 23.2 Å². The fraction of sp³-hybridized carbons (Fsp3) is 0.471. The Morgan fingerprint density at radius 3 is 2.17 bits per heavy atom. The normalized spacial score (nSPS) is 9.33. The molecule has 1 rings (SSSR count). The van der Waals surface area contributed by atoms with Crippen molar-refractivity contribution in [3.05, 3.63) is 35.4 Å². The van der Waals surface area contributed by atoms with Crippen molar-refractivity contribution >= 4 is 0 Å². The second-order valence-corrected chi connectivity index (χ2v) is 4.51. The molecule has 0 aromatic heterocycles. The van der Waals surface area contributed by atoms with Gasteiger partial charge in [0.1, 0.15) is 0 Å². The lowest BCUT2D eigenvalue weighted by molar-refractivity contribution is 0.614. The molecule has 0 aliphatic rings. The largest absolute Gasteiger partial charge is 0.192 e. The maximum Gasteiger partial charge on any atom is 0.0991 e. The Morgan fingerprint density at radius 1 is 0.889 bits per heavy atom. The van der Waals surface area contributed by atoms with Crippen molar-refractivity contribution in [3.8, 4) is 17.9 Å². The van der Waals surface area contributed by atoms with Gasteiger partial charge in [0, 0.05) is 12.0 Å². The van der Waals surface area contributed by atoms with Crippen LogP contribution in [0.5, 0.6) is 0 Å². The lowest BCUT2D eigenvalue weighted by Crippen LogP contribution is -1.79. The van der Waals surface area contributed by atoms with Crippen LogP contribution in [-0.2, 0) is 0 Å². The van der Waals surface area contributed by atoms with Crippen LogP contribution in [-0.4, -0.2) is 0 Å². The van der Waals surface area contributed by atoms with E-state index in [1.165, 1.54) is 38.5 Å². The van der Waals surface area contributed by atoms with E-state index in [1.54, 1.807) is 0 Å². The highest BCUT2D eigenvalue weighted by atomic mass is 14.2. The topological polar surface area (TPSA) is 23.8 Å². The summed E-state index contributed by atoms with van der Waals surface area (Å²) in [6, 6.07) is 9.55. The molecule has 0 saturated heterocycles. The van der Waals surface area contributed by atoms with Gasteiger partial charge < -0.3 is 0 Å². The minimum atomic E-state index is 0.691. The van der Waals surface area contributed by atoms with Crippen molar-refractivity contribution in [1.82, 2.24) is 0 Å². The number of nitrogens with zero attached hydrogens (tertiary/aromatic N) is 1. The molecule has 94 valence electrons. The third kappa shape index (κ3) is 6.12. The average Bonchev–Trinajstić information content (AvgIpc) is 2.42. The zero-order valence-corrected chi connectivity index (χ0v) is 11.2. The third-order valence-corrected chi connectivity index (χ3v) is 2.90. The number of unbranched alkanes of at least 4 members (excludes halogenated alkanes) is 6. The van der Waals surface area contributed by atoms with Crippen molar-refractivity contribution in [1.29, 1.82) is 5.26 Å². The summed E-state index contributed by atoms with van der Waals surface area (Å²) in [5, 5.41) is 8.68. The van der Waals surface area contributed by atoms with E-state index >= 15 is 0 Å². The molecule has 1 heteroatoms. The highest BCUT2D eigenvalue weighted by Gasteiger charge is 1.90. The van der Waals surface area contributed by atoms with E-state index in [2.05, 4.69) is 24.8 Å². The molecule has 0 N–H and O–H groups in total. The Balaban J connectivity index is 2.19. The standard InChI is InChI=1S/C17H21N/c1-2-3-4-5-6-7-8-9-10-16-11-13-17(15-18)14-12-16/h11-14H,2-8H2,1H3. The van der Waals surface area contributed by atoms with Crippen molar-refractivity contribution in [3.63, 3.8) is 0 Å². The maximum atomic E-state index is 8.68. The van der Waals surface area contributed by atoms with Gasteiger partial charge in [0.05, 0.1) is 11.6 Å². The number of hydrogen-bond donors (Lipinski definition) is 0. The Morgan fingerprint density at radius 2 is 1.50 bits per heavy atom. The Hall–Kier alpha value is -1.73. The molecule has 0 heterocycles. The summed E-state index contributed by atoms with van der Waals surface area (Å²) < 4.78 is 0. The lowest BCUT2D eigenvalue weighted by Gasteiger charge is -1.96. The summed E-state index contributed by atoms with van der Waals surface area (Å²) in [6.07, 6.45) is 8.84. The fourth-order valence-corrected chi connectivity index (χ4v) is 1.79. The zero-order chi connectivity index (χ0) is 13.1.